The van der Waals surface area contributed by atoms with Gasteiger partial charge in [0.25, 0.3) is 0 Å². The average molecular weight is 267 g/mol. The topological polar surface area (TPSA) is 12.0 Å². The summed E-state index contributed by atoms with van der Waals surface area (Å²) in [5, 5.41) is 3.49. The van der Waals surface area contributed by atoms with Crippen LogP contribution in [-0.4, -0.2) is 17.5 Å². The molecule has 1 saturated carbocycles. The van der Waals surface area contributed by atoms with Crippen LogP contribution in [0.5, 0.6) is 0 Å². The average Bonchev–Trinajstić information content (AvgIpc) is 2.80. The molecule has 1 N–H and O–H groups in total. The minimum Gasteiger partial charge on any atom is -0.317 e. The molecular formula is C9H18IN. The van der Waals surface area contributed by atoms with Crippen LogP contribution in [-0.2, 0) is 0 Å². The minimum absolute atomic E-state index is 1.09. The van der Waals surface area contributed by atoms with Gasteiger partial charge in [-0.05, 0) is 42.7 Å². The van der Waals surface area contributed by atoms with Crippen LogP contribution >= 0.6 is 22.6 Å². The van der Waals surface area contributed by atoms with Gasteiger partial charge in [-0.2, -0.15) is 0 Å². The Morgan fingerprint density at radius 3 is 2.64 bits per heavy atom. The lowest BCUT2D eigenvalue weighted by atomic mass is 10.3. The van der Waals surface area contributed by atoms with Crippen molar-refractivity contribution in [1.29, 1.82) is 0 Å². The number of rotatable bonds is 7. The number of nitrogens with one attached hydrogen (secondary N) is 1. The second-order valence-corrected chi connectivity index (χ2v) is 4.46. The fraction of sp³-hybridized carbons (Fsp3) is 1.00. The molecule has 0 aromatic heterocycles. The highest BCUT2D eigenvalue weighted by Gasteiger charge is 2.19. The van der Waals surface area contributed by atoms with Crippen molar-refractivity contribution in [3.8, 4) is 0 Å². The van der Waals surface area contributed by atoms with Crippen molar-refractivity contribution in [2.75, 3.05) is 17.5 Å². The van der Waals surface area contributed by atoms with E-state index in [4.69, 9.17) is 0 Å². The van der Waals surface area contributed by atoms with Gasteiger partial charge < -0.3 is 5.32 Å². The van der Waals surface area contributed by atoms with Gasteiger partial charge in [-0.25, -0.2) is 0 Å². The van der Waals surface area contributed by atoms with E-state index in [1.807, 2.05) is 0 Å². The normalized spacial score (nSPS) is 17.2. The van der Waals surface area contributed by atoms with E-state index in [-0.39, 0.29) is 0 Å². The predicted octanol–water partition coefficient (Wildman–Crippen LogP) is 2.59. The van der Waals surface area contributed by atoms with Crippen molar-refractivity contribution in [2.24, 2.45) is 5.92 Å². The van der Waals surface area contributed by atoms with Crippen molar-refractivity contribution in [2.45, 2.75) is 32.1 Å². The Morgan fingerprint density at radius 2 is 2.00 bits per heavy atom. The summed E-state index contributed by atoms with van der Waals surface area (Å²) < 4.78 is 1.31. The van der Waals surface area contributed by atoms with Gasteiger partial charge in [0.1, 0.15) is 0 Å². The molecule has 0 amide bonds. The molecule has 0 atom stereocenters. The summed E-state index contributed by atoms with van der Waals surface area (Å²) in [5.74, 6) is 1.09. The van der Waals surface area contributed by atoms with Gasteiger partial charge in [0.2, 0.25) is 0 Å². The summed E-state index contributed by atoms with van der Waals surface area (Å²) in [6.45, 7) is 2.49. The molecule has 1 fully saturated rings. The molecule has 2 heteroatoms. The third-order valence-electron chi connectivity index (χ3n) is 2.16. The second-order valence-electron chi connectivity index (χ2n) is 3.38. The van der Waals surface area contributed by atoms with E-state index < -0.39 is 0 Å². The number of hydrogen-bond acceptors (Lipinski definition) is 1. The predicted molar refractivity (Wildman–Crippen MR) is 58.3 cm³/mol. The fourth-order valence-electron chi connectivity index (χ4n) is 1.18. The Labute approximate surface area is 83.5 Å². The van der Waals surface area contributed by atoms with Crippen molar-refractivity contribution >= 4 is 22.6 Å². The standard InChI is InChI=1S/C9H18IN/c10-6-1-2-7-11-8-5-9-3-4-9/h9,11H,1-8H2. The van der Waals surface area contributed by atoms with Gasteiger partial charge in [0.05, 0.1) is 0 Å². The van der Waals surface area contributed by atoms with E-state index in [2.05, 4.69) is 27.9 Å². The van der Waals surface area contributed by atoms with Gasteiger partial charge >= 0.3 is 0 Å². The Bertz CT molecular complexity index is 91.6. The quantitative estimate of drug-likeness (QED) is 0.425. The van der Waals surface area contributed by atoms with Gasteiger partial charge in [0.15, 0.2) is 0 Å². The molecule has 0 radical (unpaired) electrons. The SMILES string of the molecule is ICCCCNCCC1CC1. The highest BCUT2D eigenvalue weighted by Crippen LogP contribution is 2.31. The molecule has 0 heterocycles. The molecule has 1 nitrogen and oxygen atoms in total. The van der Waals surface area contributed by atoms with Crippen LogP contribution < -0.4 is 5.32 Å². The molecule has 0 saturated heterocycles. The Morgan fingerprint density at radius 1 is 1.18 bits per heavy atom. The van der Waals surface area contributed by atoms with Crippen molar-refractivity contribution in [1.82, 2.24) is 5.32 Å². The molecular weight excluding hydrogens is 249 g/mol. The van der Waals surface area contributed by atoms with E-state index in [0.29, 0.717) is 0 Å². The lowest BCUT2D eigenvalue weighted by molar-refractivity contribution is 0.593. The minimum atomic E-state index is 1.09. The zero-order valence-corrected chi connectivity index (χ0v) is 9.27. The summed E-state index contributed by atoms with van der Waals surface area (Å²) in [6.07, 6.45) is 7.14. The molecule has 0 aromatic carbocycles. The van der Waals surface area contributed by atoms with Gasteiger partial charge in [-0.1, -0.05) is 35.4 Å². The van der Waals surface area contributed by atoms with E-state index in [1.165, 1.54) is 49.6 Å². The maximum absolute atomic E-state index is 3.49. The maximum Gasteiger partial charge on any atom is -0.000426 e. The number of unbranched alkanes of at least 4 members (excludes halogenated alkanes) is 1. The molecule has 66 valence electrons. The highest BCUT2D eigenvalue weighted by atomic mass is 127. The number of hydrogen-bond donors (Lipinski definition) is 1. The Hall–Kier alpha value is 0.690. The summed E-state index contributed by atoms with van der Waals surface area (Å²) in [5.41, 5.74) is 0. The molecule has 11 heavy (non-hydrogen) atoms. The first-order chi connectivity index (χ1) is 5.43. The zero-order valence-electron chi connectivity index (χ0n) is 7.11. The van der Waals surface area contributed by atoms with Crippen LogP contribution in [0.1, 0.15) is 32.1 Å². The monoisotopic (exact) mass is 267 g/mol. The summed E-state index contributed by atoms with van der Waals surface area (Å²) >= 11 is 2.44. The smallest absolute Gasteiger partial charge is 0.000426 e. The fourth-order valence-corrected chi connectivity index (χ4v) is 1.72. The lowest BCUT2D eigenvalue weighted by Crippen LogP contribution is -2.17. The lowest BCUT2D eigenvalue weighted by Gasteiger charge is -2.01. The molecule has 1 aliphatic carbocycles. The first-order valence-electron chi connectivity index (χ1n) is 4.70. The number of alkyl halides is 1. The van der Waals surface area contributed by atoms with E-state index in [9.17, 15) is 0 Å². The van der Waals surface area contributed by atoms with E-state index in [1.54, 1.807) is 0 Å². The summed E-state index contributed by atoms with van der Waals surface area (Å²) in [4.78, 5) is 0. The Balaban J connectivity index is 1.66. The van der Waals surface area contributed by atoms with Gasteiger partial charge in [-0.15, -0.1) is 0 Å². The number of halogens is 1. The molecule has 0 aromatic rings. The van der Waals surface area contributed by atoms with Crippen LogP contribution in [0.15, 0.2) is 0 Å². The first kappa shape index (κ1) is 9.78. The maximum atomic E-state index is 3.49. The molecule has 1 aliphatic rings. The van der Waals surface area contributed by atoms with E-state index in [0.717, 1.165) is 5.92 Å². The largest absolute Gasteiger partial charge is 0.317 e. The summed E-state index contributed by atoms with van der Waals surface area (Å²) in [6, 6.07) is 0. The summed E-state index contributed by atoms with van der Waals surface area (Å²) in [7, 11) is 0. The van der Waals surface area contributed by atoms with Crippen LogP contribution in [0, 0.1) is 5.92 Å². The van der Waals surface area contributed by atoms with Gasteiger partial charge in [-0.3, -0.25) is 0 Å². The molecule has 0 spiro atoms. The van der Waals surface area contributed by atoms with Crippen LogP contribution in [0.2, 0.25) is 0 Å². The van der Waals surface area contributed by atoms with Crippen LogP contribution in [0.4, 0.5) is 0 Å². The highest BCUT2D eigenvalue weighted by molar-refractivity contribution is 14.1. The third kappa shape index (κ3) is 5.91. The second kappa shape index (κ2) is 6.23. The molecule has 0 unspecified atom stereocenters. The van der Waals surface area contributed by atoms with Crippen LogP contribution in [0.3, 0.4) is 0 Å². The van der Waals surface area contributed by atoms with E-state index >= 15 is 0 Å². The zero-order chi connectivity index (χ0) is 7.94. The Kier molecular flexibility index (Phi) is 5.54. The van der Waals surface area contributed by atoms with Crippen molar-refractivity contribution < 1.29 is 0 Å². The van der Waals surface area contributed by atoms with Crippen molar-refractivity contribution in [3.63, 3.8) is 0 Å². The van der Waals surface area contributed by atoms with Crippen LogP contribution in [0.25, 0.3) is 0 Å². The third-order valence-corrected chi connectivity index (χ3v) is 2.93. The molecule has 0 aliphatic heterocycles. The molecule has 1 rings (SSSR count). The molecule has 0 bridgehead atoms. The van der Waals surface area contributed by atoms with Gasteiger partial charge in [0, 0.05) is 0 Å². The first-order valence-corrected chi connectivity index (χ1v) is 6.22. The van der Waals surface area contributed by atoms with Crippen molar-refractivity contribution in [3.05, 3.63) is 0 Å².